The van der Waals surface area contributed by atoms with Gasteiger partial charge in [-0.3, -0.25) is 9.89 Å². The van der Waals surface area contributed by atoms with E-state index in [0.29, 0.717) is 16.7 Å². The van der Waals surface area contributed by atoms with Gasteiger partial charge in [0.2, 0.25) is 11.1 Å². The van der Waals surface area contributed by atoms with Crippen LogP contribution in [0.25, 0.3) is 11.3 Å². The second-order valence-electron chi connectivity index (χ2n) is 6.47. The van der Waals surface area contributed by atoms with Crippen molar-refractivity contribution >= 4 is 34.1 Å². The number of thiazole rings is 1. The molecule has 2 aromatic carbocycles. The molecule has 4 rings (SSSR count). The van der Waals surface area contributed by atoms with Crippen molar-refractivity contribution in [2.75, 3.05) is 11.1 Å². The number of carbonyl (C=O) groups is 1. The van der Waals surface area contributed by atoms with Crippen LogP contribution in [0.15, 0.2) is 65.1 Å². The molecule has 146 valence electrons. The van der Waals surface area contributed by atoms with E-state index < -0.39 is 0 Å². The summed E-state index contributed by atoms with van der Waals surface area (Å²) in [4.78, 5) is 21.2. The lowest BCUT2D eigenvalue weighted by atomic mass is 10.1. The van der Waals surface area contributed by atoms with Crippen molar-refractivity contribution in [3.63, 3.8) is 0 Å². The zero-order chi connectivity index (χ0) is 20.1. The van der Waals surface area contributed by atoms with Crippen LogP contribution < -0.4 is 5.32 Å². The SMILES string of the molecule is Cc1ccc(-c2csc(NC(=O)CSc3n[nH]c(Cc4ccccc4)n3)n2)cc1. The fourth-order valence-corrected chi connectivity index (χ4v) is 4.04. The van der Waals surface area contributed by atoms with E-state index in [1.54, 1.807) is 0 Å². The van der Waals surface area contributed by atoms with E-state index in [-0.39, 0.29) is 11.7 Å². The van der Waals surface area contributed by atoms with E-state index >= 15 is 0 Å². The smallest absolute Gasteiger partial charge is 0.236 e. The lowest BCUT2D eigenvalue weighted by molar-refractivity contribution is -0.113. The number of aryl methyl sites for hydroxylation is 1. The Balaban J connectivity index is 1.29. The molecule has 0 unspecified atom stereocenters. The average molecular weight is 422 g/mol. The number of nitrogens with zero attached hydrogens (tertiary/aromatic N) is 3. The van der Waals surface area contributed by atoms with Gasteiger partial charge < -0.3 is 5.32 Å². The summed E-state index contributed by atoms with van der Waals surface area (Å²) in [6.45, 7) is 2.05. The molecule has 0 aliphatic rings. The maximum Gasteiger partial charge on any atom is 0.236 e. The fourth-order valence-electron chi connectivity index (χ4n) is 2.68. The standard InChI is InChI=1S/C21H19N5OS2/c1-14-7-9-16(10-8-14)17-12-28-20(22-17)24-19(27)13-29-21-23-18(25-26-21)11-15-5-3-2-4-6-15/h2-10,12H,11,13H2,1H3,(H,22,24,27)(H,23,25,26). The third kappa shape index (κ3) is 5.30. The minimum Gasteiger partial charge on any atom is -0.301 e. The largest absolute Gasteiger partial charge is 0.301 e. The second kappa shape index (κ2) is 9.02. The van der Waals surface area contributed by atoms with Gasteiger partial charge in [0.1, 0.15) is 5.82 Å². The van der Waals surface area contributed by atoms with Crippen molar-refractivity contribution in [3.05, 3.63) is 76.9 Å². The first-order chi connectivity index (χ1) is 14.2. The number of rotatable bonds is 7. The Labute approximate surface area is 176 Å². The van der Waals surface area contributed by atoms with Crippen molar-refractivity contribution in [2.45, 2.75) is 18.5 Å². The van der Waals surface area contributed by atoms with Crippen LogP contribution in [-0.2, 0) is 11.2 Å². The first-order valence-electron chi connectivity index (χ1n) is 9.06. The molecular formula is C21H19N5OS2. The van der Waals surface area contributed by atoms with Crippen LogP contribution in [0.5, 0.6) is 0 Å². The second-order valence-corrected chi connectivity index (χ2v) is 8.27. The number of nitrogens with one attached hydrogen (secondary N) is 2. The summed E-state index contributed by atoms with van der Waals surface area (Å²) in [5, 5.41) is 13.0. The van der Waals surface area contributed by atoms with Crippen LogP contribution in [0.2, 0.25) is 0 Å². The highest BCUT2D eigenvalue weighted by molar-refractivity contribution is 7.99. The summed E-state index contributed by atoms with van der Waals surface area (Å²) >= 11 is 2.71. The molecule has 0 saturated carbocycles. The Kier molecular flexibility index (Phi) is 6.02. The molecule has 0 aliphatic carbocycles. The molecule has 2 N–H and O–H groups in total. The molecule has 2 heterocycles. The number of amides is 1. The first-order valence-corrected chi connectivity index (χ1v) is 10.9. The van der Waals surface area contributed by atoms with Gasteiger partial charge in [-0.15, -0.1) is 16.4 Å². The molecule has 4 aromatic rings. The van der Waals surface area contributed by atoms with Gasteiger partial charge in [-0.2, -0.15) is 0 Å². The minimum absolute atomic E-state index is 0.130. The molecule has 0 bridgehead atoms. The van der Waals surface area contributed by atoms with Crippen molar-refractivity contribution in [1.82, 2.24) is 20.2 Å². The fraction of sp³-hybridized carbons (Fsp3) is 0.143. The average Bonchev–Trinajstić information content (AvgIpc) is 3.37. The molecule has 6 nitrogen and oxygen atoms in total. The number of carbonyl (C=O) groups excluding carboxylic acids is 1. The maximum atomic E-state index is 12.2. The summed E-state index contributed by atoms with van der Waals surface area (Å²) in [6.07, 6.45) is 0.682. The van der Waals surface area contributed by atoms with E-state index in [9.17, 15) is 4.79 Å². The van der Waals surface area contributed by atoms with E-state index in [4.69, 9.17) is 0 Å². The normalized spacial score (nSPS) is 10.8. The number of benzene rings is 2. The summed E-state index contributed by atoms with van der Waals surface area (Å²) < 4.78 is 0. The Morgan fingerprint density at radius 1 is 1.10 bits per heavy atom. The molecule has 8 heteroatoms. The zero-order valence-electron chi connectivity index (χ0n) is 15.8. The van der Waals surface area contributed by atoms with Crippen LogP contribution >= 0.6 is 23.1 Å². The predicted molar refractivity (Wildman–Crippen MR) is 117 cm³/mol. The highest BCUT2D eigenvalue weighted by atomic mass is 32.2. The van der Waals surface area contributed by atoms with Gasteiger partial charge in [-0.05, 0) is 12.5 Å². The molecule has 0 spiro atoms. The lowest BCUT2D eigenvalue weighted by Crippen LogP contribution is -2.13. The summed E-state index contributed by atoms with van der Waals surface area (Å²) in [7, 11) is 0. The van der Waals surface area contributed by atoms with Gasteiger partial charge >= 0.3 is 0 Å². The number of aromatic nitrogens is 4. The van der Waals surface area contributed by atoms with E-state index in [2.05, 4.69) is 25.5 Å². The van der Waals surface area contributed by atoms with Crippen molar-refractivity contribution < 1.29 is 4.79 Å². The highest BCUT2D eigenvalue weighted by Gasteiger charge is 2.11. The molecule has 0 saturated heterocycles. The Morgan fingerprint density at radius 3 is 2.69 bits per heavy atom. The number of H-pyrrole nitrogens is 1. The van der Waals surface area contributed by atoms with Crippen LogP contribution in [0, 0.1) is 6.92 Å². The summed E-state index contributed by atoms with van der Waals surface area (Å²) in [5.74, 6) is 0.873. The Hall–Kier alpha value is -2.97. The molecule has 0 fully saturated rings. The van der Waals surface area contributed by atoms with Gasteiger partial charge in [-0.1, -0.05) is 71.9 Å². The highest BCUT2D eigenvalue weighted by Crippen LogP contribution is 2.25. The van der Waals surface area contributed by atoms with Gasteiger partial charge in [-0.25, -0.2) is 9.97 Å². The van der Waals surface area contributed by atoms with E-state index in [0.717, 1.165) is 22.6 Å². The monoisotopic (exact) mass is 421 g/mol. The van der Waals surface area contributed by atoms with Gasteiger partial charge in [0, 0.05) is 17.4 Å². The number of thioether (sulfide) groups is 1. The van der Waals surface area contributed by atoms with Gasteiger partial charge in [0.25, 0.3) is 0 Å². The summed E-state index contributed by atoms with van der Waals surface area (Å²) in [5.41, 5.74) is 4.25. The van der Waals surface area contributed by atoms with Crippen LogP contribution in [0.1, 0.15) is 17.0 Å². The minimum atomic E-state index is -0.130. The molecule has 0 aliphatic heterocycles. The number of hydrogen-bond donors (Lipinski definition) is 2. The third-order valence-corrected chi connectivity index (χ3v) is 5.76. The Bertz CT molecular complexity index is 1090. The summed E-state index contributed by atoms with van der Waals surface area (Å²) in [6, 6.07) is 18.2. The first kappa shape index (κ1) is 19.4. The molecule has 2 aromatic heterocycles. The van der Waals surface area contributed by atoms with Crippen molar-refractivity contribution in [2.24, 2.45) is 0 Å². The number of anilines is 1. The molecule has 1 amide bonds. The van der Waals surface area contributed by atoms with Crippen molar-refractivity contribution in [1.29, 1.82) is 0 Å². The third-order valence-electron chi connectivity index (χ3n) is 4.16. The predicted octanol–water partition coefficient (Wildman–Crippen LogP) is 4.56. The molecule has 0 atom stereocenters. The quantitative estimate of drug-likeness (QED) is 0.428. The lowest BCUT2D eigenvalue weighted by Gasteiger charge is -2.00. The number of aromatic amines is 1. The zero-order valence-corrected chi connectivity index (χ0v) is 17.4. The van der Waals surface area contributed by atoms with E-state index in [1.807, 2.05) is 66.9 Å². The molecule has 0 radical (unpaired) electrons. The topological polar surface area (TPSA) is 83.6 Å². The Morgan fingerprint density at radius 2 is 1.90 bits per heavy atom. The van der Waals surface area contributed by atoms with Gasteiger partial charge in [0.05, 0.1) is 11.4 Å². The van der Waals surface area contributed by atoms with Crippen LogP contribution in [0.4, 0.5) is 5.13 Å². The van der Waals surface area contributed by atoms with Crippen LogP contribution in [-0.4, -0.2) is 31.8 Å². The van der Waals surface area contributed by atoms with Crippen LogP contribution in [0.3, 0.4) is 0 Å². The van der Waals surface area contributed by atoms with Gasteiger partial charge in [0.15, 0.2) is 5.13 Å². The maximum absolute atomic E-state index is 12.2. The molecule has 29 heavy (non-hydrogen) atoms. The van der Waals surface area contributed by atoms with Crippen molar-refractivity contribution in [3.8, 4) is 11.3 Å². The number of hydrogen-bond acceptors (Lipinski definition) is 6. The molecular weight excluding hydrogens is 402 g/mol. The van der Waals surface area contributed by atoms with E-state index in [1.165, 1.54) is 28.7 Å².